The van der Waals surface area contributed by atoms with E-state index in [1.165, 1.54) is 32.1 Å². The highest BCUT2D eigenvalue weighted by Gasteiger charge is 2.59. The highest BCUT2D eigenvalue weighted by Crippen LogP contribution is 2.67. The quantitative estimate of drug-likeness (QED) is 0.529. The molecule has 0 heteroatoms. The standard InChI is InChI=1S/C11H18/c1-3-8-11(2)9-6-4-5-7-10(9)11/h3,9-10H,1,4-8H2,2H3/t9-,10+,11?. The zero-order valence-corrected chi connectivity index (χ0v) is 7.47. The molecule has 2 saturated carbocycles. The summed E-state index contributed by atoms with van der Waals surface area (Å²) in [5.74, 6) is 2.13. The fourth-order valence-electron chi connectivity index (χ4n) is 3.17. The molecule has 0 aromatic rings. The van der Waals surface area contributed by atoms with Crippen molar-refractivity contribution in [2.45, 2.75) is 39.0 Å². The predicted molar refractivity (Wildman–Crippen MR) is 48.4 cm³/mol. The third-order valence-corrected chi connectivity index (χ3v) is 3.94. The number of rotatable bonds is 2. The van der Waals surface area contributed by atoms with Crippen LogP contribution in [-0.2, 0) is 0 Å². The summed E-state index contributed by atoms with van der Waals surface area (Å²) in [6, 6.07) is 0. The second-order valence-corrected chi connectivity index (χ2v) is 4.50. The summed E-state index contributed by atoms with van der Waals surface area (Å²) in [5, 5.41) is 0. The Balaban J connectivity index is 2.01. The van der Waals surface area contributed by atoms with E-state index in [4.69, 9.17) is 0 Å². The Bertz CT molecular complexity index is 157. The lowest BCUT2D eigenvalue weighted by Gasteiger charge is -2.05. The highest BCUT2D eigenvalue weighted by atomic mass is 14.6. The van der Waals surface area contributed by atoms with Gasteiger partial charge in [0.1, 0.15) is 0 Å². The number of hydrogen-bond donors (Lipinski definition) is 0. The Morgan fingerprint density at radius 1 is 1.36 bits per heavy atom. The van der Waals surface area contributed by atoms with Crippen molar-refractivity contribution in [3.63, 3.8) is 0 Å². The Hall–Kier alpha value is -0.260. The molecule has 0 spiro atoms. The summed E-state index contributed by atoms with van der Waals surface area (Å²) < 4.78 is 0. The van der Waals surface area contributed by atoms with E-state index >= 15 is 0 Å². The van der Waals surface area contributed by atoms with Crippen LogP contribution in [-0.4, -0.2) is 0 Å². The average molecular weight is 150 g/mol. The van der Waals surface area contributed by atoms with Crippen LogP contribution < -0.4 is 0 Å². The Kier molecular flexibility index (Phi) is 1.59. The monoisotopic (exact) mass is 150 g/mol. The highest BCUT2D eigenvalue weighted by molar-refractivity contribution is 5.10. The molecule has 2 rings (SSSR count). The van der Waals surface area contributed by atoms with Gasteiger partial charge in [-0.15, -0.1) is 6.58 Å². The summed E-state index contributed by atoms with van der Waals surface area (Å²) in [7, 11) is 0. The fourth-order valence-corrected chi connectivity index (χ4v) is 3.17. The van der Waals surface area contributed by atoms with Gasteiger partial charge in [-0.25, -0.2) is 0 Å². The van der Waals surface area contributed by atoms with E-state index in [-0.39, 0.29) is 0 Å². The van der Waals surface area contributed by atoms with Crippen molar-refractivity contribution in [1.29, 1.82) is 0 Å². The third-order valence-electron chi connectivity index (χ3n) is 3.94. The first kappa shape index (κ1) is 7.39. The number of allylic oxidation sites excluding steroid dienone is 1. The van der Waals surface area contributed by atoms with Crippen LogP contribution in [0.2, 0.25) is 0 Å². The molecule has 0 aromatic carbocycles. The second-order valence-electron chi connectivity index (χ2n) is 4.50. The van der Waals surface area contributed by atoms with Gasteiger partial charge in [0.05, 0.1) is 0 Å². The van der Waals surface area contributed by atoms with Gasteiger partial charge in [0.25, 0.3) is 0 Å². The van der Waals surface area contributed by atoms with E-state index < -0.39 is 0 Å². The maximum atomic E-state index is 3.84. The number of hydrogen-bond acceptors (Lipinski definition) is 0. The van der Waals surface area contributed by atoms with E-state index in [9.17, 15) is 0 Å². The SMILES string of the molecule is C=CCC1(C)[C@@H]2CCCC[C@@H]21. The van der Waals surface area contributed by atoms with Crippen molar-refractivity contribution >= 4 is 0 Å². The third kappa shape index (κ3) is 0.953. The van der Waals surface area contributed by atoms with Crippen molar-refractivity contribution in [2.24, 2.45) is 17.3 Å². The summed E-state index contributed by atoms with van der Waals surface area (Å²) in [6.45, 7) is 6.30. The van der Waals surface area contributed by atoms with E-state index in [0.29, 0.717) is 5.41 Å². The van der Waals surface area contributed by atoms with Crippen LogP contribution in [0.25, 0.3) is 0 Å². The smallest absolute Gasteiger partial charge is 0.0229 e. The van der Waals surface area contributed by atoms with E-state index in [1.54, 1.807) is 0 Å². The Morgan fingerprint density at radius 3 is 2.36 bits per heavy atom. The molecule has 2 fully saturated rings. The van der Waals surface area contributed by atoms with Gasteiger partial charge in [-0.2, -0.15) is 0 Å². The molecule has 0 saturated heterocycles. The summed E-state index contributed by atoms with van der Waals surface area (Å²) >= 11 is 0. The molecular formula is C11H18. The van der Waals surface area contributed by atoms with Crippen LogP contribution in [0.15, 0.2) is 12.7 Å². The minimum atomic E-state index is 0.679. The van der Waals surface area contributed by atoms with Gasteiger partial charge in [0.15, 0.2) is 0 Å². The average Bonchev–Trinajstić information content (AvgIpc) is 2.60. The predicted octanol–water partition coefficient (Wildman–Crippen LogP) is 3.39. The second kappa shape index (κ2) is 2.36. The van der Waals surface area contributed by atoms with Gasteiger partial charge in [0.2, 0.25) is 0 Å². The van der Waals surface area contributed by atoms with Gasteiger partial charge in [0, 0.05) is 0 Å². The topological polar surface area (TPSA) is 0 Å². The molecule has 1 unspecified atom stereocenters. The molecule has 2 aliphatic carbocycles. The van der Waals surface area contributed by atoms with Crippen LogP contribution >= 0.6 is 0 Å². The maximum Gasteiger partial charge on any atom is -0.0229 e. The minimum absolute atomic E-state index is 0.679. The van der Waals surface area contributed by atoms with Gasteiger partial charge in [-0.3, -0.25) is 0 Å². The molecule has 0 amide bonds. The Morgan fingerprint density at radius 2 is 1.91 bits per heavy atom. The van der Waals surface area contributed by atoms with E-state index in [2.05, 4.69) is 19.6 Å². The fraction of sp³-hybridized carbons (Fsp3) is 0.818. The van der Waals surface area contributed by atoms with Crippen LogP contribution in [0.4, 0.5) is 0 Å². The minimum Gasteiger partial charge on any atom is -0.103 e. The van der Waals surface area contributed by atoms with Gasteiger partial charge in [-0.05, 0) is 36.5 Å². The van der Waals surface area contributed by atoms with Crippen molar-refractivity contribution < 1.29 is 0 Å². The van der Waals surface area contributed by atoms with Crippen LogP contribution in [0.3, 0.4) is 0 Å². The molecule has 0 nitrogen and oxygen atoms in total. The molecule has 0 aromatic heterocycles. The van der Waals surface area contributed by atoms with Gasteiger partial charge in [-0.1, -0.05) is 25.8 Å². The first-order chi connectivity index (χ1) is 5.29. The Labute approximate surface area is 69.7 Å². The van der Waals surface area contributed by atoms with Crippen molar-refractivity contribution in [3.8, 4) is 0 Å². The van der Waals surface area contributed by atoms with Crippen LogP contribution in [0.1, 0.15) is 39.0 Å². The zero-order valence-electron chi connectivity index (χ0n) is 7.47. The molecule has 0 bridgehead atoms. The molecule has 11 heavy (non-hydrogen) atoms. The first-order valence-electron chi connectivity index (χ1n) is 4.90. The van der Waals surface area contributed by atoms with Crippen molar-refractivity contribution in [2.75, 3.05) is 0 Å². The molecule has 3 atom stereocenters. The normalized spacial score (nSPS) is 48.1. The largest absolute Gasteiger partial charge is 0.103 e. The first-order valence-corrected chi connectivity index (χ1v) is 4.90. The molecule has 2 aliphatic rings. The molecule has 0 aliphatic heterocycles. The van der Waals surface area contributed by atoms with Crippen molar-refractivity contribution in [3.05, 3.63) is 12.7 Å². The van der Waals surface area contributed by atoms with Gasteiger partial charge < -0.3 is 0 Å². The molecule has 0 N–H and O–H groups in total. The molecule has 0 heterocycles. The lowest BCUT2D eigenvalue weighted by molar-refractivity contribution is 0.480. The van der Waals surface area contributed by atoms with Crippen LogP contribution in [0, 0.1) is 17.3 Å². The van der Waals surface area contributed by atoms with E-state index in [1.807, 2.05) is 0 Å². The molecular weight excluding hydrogens is 132 g/mol. The van der Waals surface area contributed by atoms with E-state index in [0.717, 1.165) is 11.8 Å². The van der Waals surface area contributed by atoms with Gasteiger partial charge >= 0.3 is 0 Å². The van der Waals surface area contributed by atoms with Crippen LogP contribution in [0.5, 0.6) is 0 Å². The summed E-state index contributed by atoms with van der Waals surface area (Å²) in [6.07, 6.45) is 9.31. The summed E-state index contributed by atoms with van der Waals surface area (Å²) in [4.78, 5) is 0. The molecule has 0 radical (unpaired) electrons. The summed E-state index contributed by atoms with van der Waals surface area (Å²) in [5.41, 5.74) is 0.679. The zero-order chi connectivity index (χ0) is 7.90. The maximum absolute atomic E-state index is 3.84. The lowest BCUT2D eigenvalue weighted by Crippen LogP contribution is -1.95. The van der Waals surface area contributed by atoms with Crippen molar-refractivity contribution in [1.82, 2.24) is 0 Å². The molecule has 62 valence electrons. The lowest BCUT2D eigenvalue weighted by atomic mass is 10.00. The number of fused-ring (bicyclic) bond motifs is 1.